The molecule has 118 valence electrons. The Morgan fingerprint density at radius 1 is 1.30 bits per heavy atom. The number of ether oxygens (including phenoxy) is 1. The van der Waals surface area contributed by atoms with Crippen LogP contribution in [0.1, 0.15) is 19.4 Å². The Balaban J connectivity index is 2.29. The lowest BCUT2D eigenvalue weighted by Crippen LogP contribution is -2.20. The first-order chi connectivity index (χ1) is 11.2. The average molecular weight is 312 g/mol. The van der Waals surface area contributed by atoms with Gasteiger partial charge in [-0.05, 0) is 33.7 Å². The number of benzene rings is 2. The van der Waals surface area contributed by atoms with Gasteiger partial charge in [0, 0.05) is 0 Å². The molecule has 1 N–H and O–H groups in total. The zero-order valence-electron chi connectivity index (χ0n) is 12.8. The summed E-state index contributed by atoms with van der Waals surface area (Å²) < 4.78 is 6.79. The lowest BCUT2D eigenvalue weighted by molar-refractivity contribution is -0.141. The maximum absolute atomic E-state index is 11.5. The Hall–Kier alpha value is -2.96. The van der Waals surface area contributed by atoms with Crippen LogP contribution in [0.3, 0.4) is 0 Å². The smallest absolute Gasteiger partial charge is 0.328 e. The first-order valence-corrected chi connectivity index (χ1v) is 7.24. The molecule has 2 aromatic carbocycles. The van der Waals surface area contributed by atoms with Crippen molar-refractivity contribution in [1.82, 2.24) is 20.2 Å². The highest BCUT2D eigenvalue weighted by molar-refractivity contribution is 5.98. The molecule has 3 aromatic rings. The molecule has 1 atom stereocenters. The van der Waals surface area contributed by atoms with Crippen LogP contribution >= 0.6 is 0 Å². The zero-order chi connectivity index (χ0) is 16.4. The van der Waals surface area contributed by atoms with Crippen LogP contribution < -0.4 is 4.74 Å². The maximum Gasteiger partial charge on any atom is 0.328 e. The number of carboxylic acids is 1. The summed E-state index contributed by atoms with van der Waals surface area (Å²) in [5.41, 5.74) is 0.690. The van der Waals surface area contributed by atoms with Gasteiger partial charge in [0.2, 0.25) is 0 Å². The van der Waals surface area contributed by atoms with E-state index in [4.69, 9.17) is 4.74 Å². The van der Waals surface area contributed by atoms with Gasteiger partial charge in [-0.15, -0.1) is 5.10 Å². The van der Waals surface area contributed by atoms with Crippen LogP contribution in [0.25, 0.3) is 22.2 Å². The van der Waals surface area contributed by atoms with Gasteiger partial charge in [-0.3, -0.25) is 0 Å². The highest BCUT2D eigenvalue weighted by Gasteiger charge is 2.25. The molecule has 0 aliphatic carbocycles. The van der Waals surface area contributed by atoms with E-state index in [1.807, 2.05) is 36.4 Å². The molecule has 1 aromatic heterocycles. The summed E-state index contributed by atoms with van der Waals surface area (Å²) in [6.45, 7) is 1.78. The molecule has 0 amide bonds. The first-order valence-electron chi connectivity index (χ1n) is 7.24. The maximum atomic E-state index is 11.5. The summed E-state index contributed by atoms with van der Waals surface area (Å²) in [4.78, 5) is 11.5. The molecule has 1 unspecified atom stereocenters. The van der Waals surface area contributed by atoms with E-state index in [0.717, 1.165) is 10.8 Å². The molecule has 23 heavy (non-hydrogen) atoms. The quantitative estimate of drug-likeness (QED) is 0.778. The molecule has 7 heteroatoms. The van der Waals surface area contributed by atoms with Crippen molar-refractivity contribution < 1.29 is 14.6 Å². The van der Waals surface area contributed by atoms with Gasteiger partial charge in [0.05, 0.1) is 12.7 Å². The molecule has 0 saturated heterocycles. The van der Waals surface area contributed by atoms with Gasteiger partial charge >= 0.3 is 5.97 Å². The Bertz CT molecular complexity index is 859. The number of hydrogen-bond donors (Lipinski definition) is 1. The number of carbonyl (C=O) groups is 1. The van der Waals surface area contributed by atoms with Gasteiger partial charge in [-0.25, -0.2) is 9.48 Å². The number of fused-ring (bicyclic) bond motifs is 1. The first kappa shape index (κ1) is 15.0. The number of aromatic nitrogens is 4. The summed E-state index contributed by atoms with van der Waals surface area (Å²) >= 11 is 0. The molecular weight excluding hydrogens is 296 g/mol. The van der Waals surface area contributed by atoms with Crippen molar-refractivity contribution in [2.45, 2.75) is 19.4 Å². The van der Waals surface area contributed by atoms with E-state index in [1.165, 1.54) is 4.68 Å². The van der Waals surface area contributed by atoms with Gasteiger partial charge in [-0.2, -0.15) is 0 Å². The lowest BCUT2D eigenvalue weighted by Gasteiger charge is -2.15. The number of hydrogen-bond acceptors (Lipinski definition) is 5. The Morgan fingerprint density at radius 2 is 2.09 bits per heavy atom. The number of methoxy groups -OCH3 is 1. The molecule has 0 bridgehead atoms. The molecule has 7 nitrogen and oxygen atoms in total. The highest BCUT2D eigenvalue weighted by atomic mass is 16.5. The second-order valence-electron chi connectivity index (χ2n) is 5.07. The molecular formula is C16H16N4O3. The fourth-order valence-electron chi connectivity index (χ4n) is 2.67. The minimum Gasteiger partial charge on any atom is -0.496 e. The predicted molar refractivity (Wildman–Crippen MR) is 84.3 cm³/mol. The van der Waals surface area contributed by atoms with E-state index in [-0.39, 0.29) is 0 Å². The van der Waals surface area contributed by atoms with Crippen LogP contribution in [0.4, 0.5) is 0 Å². The summed E-state index contributed by atoms with van der Waals surface area (Å²) in [6, 6.07) is 10.7. The largest absolute Gasteiger partial charge is 0.496 e. The monoisotopic (exact) mass is 312 g/mol. The molecule has 0 saturated carbocycles. The van der Waals surface area contributed by atoms with Gasteiger partial charge in [0.1, 0.15) is 5.75 Å². The molecule has 3 rings (SSSR count). The van der Waals surface area contributed by atoms with Gasteiger partial charge in [0.15, 0.2) is 11.9 Å². The highest BCUT2D eigenvalue weighted by Crippen LogP contribution is 2.36. The van der Waals surface area contributed by atoms with E-state index in [2.05, 4.69) is 15.5 Å². The molecule has 0 radical (unpaired) electrons. The van der Waals surface area contributed by atoms with E-state index < -0.39 is 12.0 Å². The summed E-state index contributed by atoms with van der Waals surface area (Å²) in [5, 5.41) is 22.9. The van der Waals surface area contributed by atoms with Crippen LogP contribution in [0.15, 0.2) is 36.4 Å². The predicted octanol–water partition coefficient (Wildman–Crippen LogP) is 2.54. The van der Waals surface area contributed by atoms with Gasteiger partial charge in [-0.1, -0.05) is 37.3 Å². The van der Waals surface area contributed by atoms with Crippen LogP contribution in [-0.2, 0) is 4.79 Å². The van der Waals surface area contributed by atoms with Crippen LogP contribution in [0, 0.1) is 0 Å². The Morgan fingerprint density at radius 3 is 2.78 bits per heavy atom. The van der Waals surface area contributed by atoms with E-state index in [1.54, 1.807) is 14.0 Å². The standard InChI is InChI=1S/C16H16N4O3/c1-3-12(16(21)22)20-15(17-18-19-20)14-11-7-5-4-6-10(11)8-9-13(14)23-2/h4-9,12H,3H2,1-2H3,(H,21,22). The summed E-state index contributed by atoms with van der Waals surface area (Å²) in [5.74, 6) is 0.00754. The number of rotatable bonds is 5. The van der Waals surface area contributed by atoms with Crippen LogP contribution in [-0.4, -0.2) is 38.4 Å². The topological polar surface area (TPSA) is 90.1 Å². The average Bonchev–Trinajstić information content (AvgIpc) is 3.02. The van der Waals surface area contributed by atoms with Crippen LogP contribution in [0.5, 0.6) is 5.75 Å². The zero-order valence-corrected chi connectivity index (χ0v) is 12.8. The second-order valence-corrected chi connectivity index (χ2v) is 5.07. The fraction of sp³-hybridized carbons (Fsp3) is 0.250. The van der Waals surface area contributed by atoms with Crippen molar-refractivity contribution in [1.29, 1.82) is 0 Å². The Kier molecular flexibility index (Phi) is 3.92. The lowest BCUT2D eigenvalue weighted by atomic mass is 10.0. The van der Waals surface area contributed by atoms with Crippen molar-refractivity contribution in [3.8, 4) is 17.1 Å². The van der Waals surface area contributed by atoms with E-state index >= 15 is 0 Å². The third-order valence-corrected chi connectivity index (χ3v) is 3.79. The number of tetrazole rings is 1. The van der Waals surface area contributed by atoms with Gasteiger partial charge in [0.25, 0.3) is 0 Å². The Labute approximate surface area is 132 Å². The summed E-state index contributed by atoms with van der Waals surface area (Å²) in [7, 11) is 1.57. The molecule has 0 spiro atoms. The van der Waals surface area contributed by atoms with Gasteiger partial charge < -0.3 is 9.84 Å². The third-order valence-electron chi connectivity index (χ3n) is 3.79. The normalized spacial score (nSPS) is 12.3. The van der Waals surface area contributed by atoms with Crippen molar-refractivity contribution in [3.63, 3.8) is 0 Å². The third kappa shape index (κ3) is 2.50. The SMILES string of the molecule is CCC(C(=O)O)n1nnnc1-c1c(OC)ccc2ccccc12. The number of carboxylic acid groups (broad SMARTS) is 1. The van der Waals surface area contributed by atoms with Crippen molar-refractivity contribution >= 4 is 16.7 Å². The fourth-order valence-corrected chi connectivity index (χ4v) is 2.67. The minimum atomic E-state index is -0.972. The molecule has 0 aliphatic heterocycles. The van der Waals surface area contributed by atoms with Crippen molar-refractivity contribution in [2.24, 2.45) is 0 Å². The number of aliphatic carboxylic acids is 1. The molecule has 0 aliphatic rings. The van der Waals surface area contributed by atoms with Crippen molar-refractivity contribution in [3.05, 3.63) is 36.4 Å². The summed E-state index contributed by atoms with van der Waals surface area (Å²) in [6.07, 6.45) is 0.375. The van der Waals surface area contributed by atoms with Crippen molar-refractivity contribution in [2.75, 3.05) is 7.11 Å². The van der Waals surface area contributed by atoms with E-state index in [9.17, 15) is 9.90 Å². The van der Waals surface area contributed by atoms with E-state index in [0.29, 0.717) is 23.6 Å². The van der Waals surface area contributed by atoms with Crippen LogP contribution in [0.2, 0.25) is 0 Å². The number of nitrogens with zero attached hydrogens (tertiary/aromatic N) is 4. The minimum absolute atomic E-state index is 0.375. The molecule has 0 fully saturated rings. The second kappa shape index (κ2) is 6.04. The molecule has 1 heterocycles.